The zero-order valence-electron chi connectivity index (χ0n) is 16.1. The standard InChI is InChI=1S/C19H19N5O3S2/c1-19(2)11-16(25)24(3)15-5-4-13(10-14(15)19)29(26,27)23-18-22-21-17(28-18)12-6-8-20-9-7-12/h4-10H,11H2,1-3H3,(H,22,23). The quantitative estimate of drug-likeness (QED) is 0.683. The molecule has 0 saturated carbocycles. The summed E-state index contributed by atoms with van der Waals surface area (Å²) in [6.45, 7) is 3.87. The van der Waals surface area contributed by atoms with Crippen molar-refractivity contribution in [2.24, 2.45) is 0 Å². The van der Waals surface area contributed by atoms with E-state index in [1.54, 1.807) is 48.6 Å². The normalized spacial score (nSPS) is 15.8. The van der Waals surface area contributed by atoms with Crippen molar-refractivity contribution in [1.82, 2.24) is 15.2 Å². The lowest BCUT2D eigenvalue weighted by atomic mass is 9.77. The van der Waals surface area contributed by atoms with Gasteiger partial charge in [-0.15, -0.1) is 10.2 Å². The average Bonchev–Trinajstić information content (AvgIpc) is 3.14. The summed E-state index contributed by atoms with van der Waals surface area (Å²) in [6, 6.07) is 8.36. The third kappa shape index (κ3) is 3.60. The van der Waals surface area contributed by atoms with Gasteiger partial charge in [-0.2, -0.15) is 0 Å². The topological polar surface area (TPSA) is 105 Å². The second-order valence-corrected chi connectivity index (χ2v) is 10.1. The Bertz CT molecular complexity index is 1190. The van der Waals surface area contributed by atoms with Gasteiger partial charge in [0.2, 0.25) is 11.0 Å². The molecule has 0 bridgehead atoms. The summed E-state index contributed by atoms with van der Waals surface area (Å²) < 4.78 is 28.4. The molecule has 10 heteroatoms. The Morgan fingerprint density at radius 2 is 1.86 bits per heavy atom. The summed E-state index contributed by atoms with van der Waals surface area (Å²) >= 11 is 1.14. The Balaban J connectivity index is 1.65. The highest BCUT2D eigenvalue weighted by atomic mass is 32.2. The maximum atomic E-state index is 12.9. The monoisotopic (exact) mass is 429 g/mol. The molecule has 0 fully saturated rings. The second kappa shape index (κ2) is 6.89. The second-order valence-electron chi connectivity index (χ2n) is 7.45. The molecule has 1 amide bonds. The van der Waals surface area contributed by atoms with E-state index in [2.05, 4.69) is 19.9 Å². The molecular formula is C19H19N5O3S2. The van der Waals surface area contributed by atoms with Gasteiger partial charge in [0.05, 0.1) is 4.90 Å². The smallest absolute Gasteiger partial charge is 0.263 e. The first-order valence-electron chi connectivity index (χ1n) is 8.85. The average molecular weight is 430 g/mol. The van der Waals surface area contributed by atoms with Crippen molar-refractivity contribution in [2.45, 2.75) is 30.6 Å². The minimum atomic E-state index is -3.85. The van der Waals surface area contributed by atoms with E-state index in [4.69, 9.17) is 0 Å². The van der Waals surface area contributed by atoms with E-state index >= 15 is 0 Å². The molecule has 0 radical (unpaired) electrons. The lowest BCUT2D eigenvalue weighted by Crippen LogP contribution is -2.39. The number of hydrogen-bond donors (Lipinski definition) is 1. The van der Waals surface area contributed by atoms with Crippen LogP contribution in [0.2, 0.25) is 0 Å². The third-order valence-electron chi connectivity index (χ3n) is 4.91. The van der Waals surface area contributed by atoms with Crippen LogP contribution >= 0.6 is 11.3 Å². The van der Waals surface area contributed by atoms with Crippen LogP contribution < -0.4 is 9.62 Å². The molecular weight excluding hydrogens is 410 g/mol. The molecule has 150 valence electrons. The molecule has 1 N–H and O–H groups in total. The zero-order chi connectivity index (χ0) is 20.8. The van der Waals surface area contributed by atoms with Gasteiger partial charge in [-0.05, 0) is 35.9 Å². The molecule has 1 aromatic carbocycles. The van der Waals surface area contributed by atoms with Crippen molar-refractivity contribution >= 4 is 38.1 Å². The highest BCUT2D eigenvalue weighted by molar-refractivity contribution is 7.93. The number of anilines is 2. The predicted molar refractivity (Wildman–Crippen MR) is 111 cm³/mol. The van der Waals surface area contributed by atoms with Crippen molar-refractivity contribution in [3.05, 3.63) is 48.3 Å². The van der Waals surface area contributed by atoms with E-state index in [1.807, 2.05) is 13.8 Å². The summed E-state index contributed by atoms with van der Waals surface area (Å²) in [5.74, 6) is 0.00809. The van der Waals surface area contributed by atoms with Crippen LogP contribution in [-0.4, -0.2) is 36.6 Å². The molecule has 0 aliphatic carbocycles. The van der Waals surface area contributed by atoms with Crippen LogP contribution in [0.4, 0.5) is 10.8 Å². The summed E-state index contributed by atoms with van der Waals surface area (Å²) in [6.07, 6.45) is 3.59. The van der Waals surface area contributed by atoms with E-state index in [1.165, 1.54) is 6.07 Å². The fourth-order valence-electron chi connectivity index (χ4n) is 3.29. The van der Waals surface area contributed by atoms with Crippen LogP contribution in [0.5, 0.6) is 0 Å². The summed E-state index contributed by atoms with van der Waals surface area (Å²) in [4.78, 5) is 17.8. The van der Waals surface area contributed by atoms with Gasteiger partial charge in [-0.25, -0.2) is 8.42 Å². The van der Waals surface area contributed by atoms with Gasteiger partial charge in [0.15, 0.2) is 0 Å². The van der Waals surface area contributed by atoms with Gasteiger partial charge in [0.25, 0.3) is 10.0 Å². The number of amides is 1. The number of aromatic nitrogens is 3. The molecule has 1 aliphatic rings. The molecule has 0 unspecified atom stereocenters. The predicted octanol–water partition coefficient (Wildman–Crippen LogP) is 3.05. The molecule has 2 aromatic heterocycles. The first kappa shape index (κ1) is 19.5. The van der Waals surface area contributed by atoms with Gasteiger partial charge in [0, 0.05) is 42.5 Å². The molecule has 0 saturated heterocycles. The van der Waals surface area contributed by atoms with Gasteiger partial charge in [-0.3, -0.25) is 14.5 Å². The molecule has 0 atom stereocenters. The SMILES string of the molecule is CN1C(=O)CC(C)(C)c2cc(S(=O)(=O)Nc3nnc(-c4ccncc4)s3)ccc21. The van der Waals surface area contributed by atoms with Crippen LogP contribution in [-0.2, 0) is 20.2 Å². The van der Waals surface area contributed by atoms with Crippen LogP contribution in [0.1, 0.15) is 25.8 Å². The zero-order valence-corrected chi connectivity index (χ0v) is 17.7. The fraction of sp³-hybridized carbons (Fsp3) is 0.263. The van der Waals surface area contributed by atoms with Crippen molar-refractivity contribution in [3.63, 3.8) is 0 Å². The van der Waals surface area contributed by atoms with E-state index in [0.717, 1.165) is 28.2 Å². The van der Waals surface area contributed by atoms with Crippen molar-refractivity contribution in [2.75, 3.05) is 16.7 Å². The van der Waals surface area contributed by atoms with Gasteiger partial charge < -0.3 is 4.90 Å². The number of carbonyl (C=O) groups is 1. The first-order chi connectivity index (χ1) is 13.7. The van der Waals surface area contributed by atoms with E-state index in [9.17, 15) is 13.2 Å². The molecule has 3 aromatic rings. The van der Waals surface area contributed by atoms with Crippen molar-refractivity contribution < 1.29 is 13.2 Å². The Labute approximate surface area is 172 Å². The Morgan fingerprint density at radius 1 is 1.14 bits per heavy atom. The maximum absolute atomic E-state index is 12.9. The number of carbonyl (C=O) groups excluding carboxylic acids is 1. The Morgan fingerprint density at radius 3 is 2.59 bits per heavy atom. The Kier molecular flexibility index (Phi) is 4.62. The first-order valence-corrected chi connectivity index (χ1v) is 11.2. The molecule has 29 heavy (non-hydrogen) atoms. The van der Waals surface area contributed by atoms with Gasteiger partial charge in [0.1, 0.15) is 5.01 Å². The molecule has 1 aliphatic heterocycles. The summed E-state index contributed by atoms with van der Waals surface area (Å²) in [5.41, 5.74) is 1.89. The van der Waals surface area contributed by atoms with Crippen molar-refractivity contribution in [1.29, 1.82) is 0 Å². The number of benzene rings is 1. The lowest BCUT2D eigenvalue weighted by Gasteiger charge is -2.37. The highest BCUT2D eigenvalue weighted by Gasteiger charge is 2.36. The number of nitrogens with zero attached hydrogens (tertiary/aromatic N) is 4. The molecule has 3 heterocycles. The number of fused-ring (bicyclic) bond motifs is 1. The minimum absolute atomic E-state index is 0.00809. The number of pyridine rings is 1. The van der Waals surface area contributed by atoms with Crippen LogP contribution in [0, 0.1) is 0 Å². The third-order valence-corrected chi connectivity index (χ3v) is 7.26. The number of hydrogen-bond acceptors (Lipinski definition) is 7. The van der Waals surface area contributed by atoms with Gasteiger partial charge >= 0.3 is 0 Å². The molecule has 4 rings (SSSR count). The molecule has 0 spiro atoms. The van der Waals surface area contributed by atoms with Crippen LogP contribution in [0.25, 0.3) is 10.6 Å². The van der Waals surface area contributed by atoms with E-state index < -0.39 is 15.4 Å². The largest absolute Gasteiger partial charge is 0.315 e. The van der Waals surface area contributed by atoms with Crippen LogP contribution in [0.15, 0.2) is 47.6 Å². The van der Waals surface area contributed by atoms with Gasteiger partial charge in [-0.1, -0.05) is 25.2 Å². The maximum Gasteiger partial charge on any atom is 0.263 e. The Hall–Kier alpha value is -2.85. The van der Waals surface area contributed by atoms with Crippen LogP contribution in [0.3, 0.4) is 0 Å². The molecule has 8 nitrogen and oxygen atoms in total. The van der Waals surface area contributed by atoms with Crippen molar-refractivity contribution in [3.8, 4) is 10.6 Å². The number of nitrogens with one attached hydrogen (secondary N) is 1. The summed E-state index contributed by atoms with van der Waals surface area (Å²) in [5, 5.41) is 8.77. The fourth-order valence-corrected chi connectivity index (χ4v) is 5.30. The van der Waals surface area contributed by atoms with E-state index in [0.29, 0.717) is 11.4 Å². The van der Waals surface area contributed by atoms with E-state index in [-0.39, 0.29) is 15.9 Å². The minimum Gasteiger partial charge on any atom is -0.315 e. The lowest BCUT2D eigenvalue weighted by molar-refractivity contribution is -0.119. The number of sulfonamides is 1. The summed E-state index contributed by atoms with van der Waals surface area (Å²) in [7, 11) is -2.16. The number of rotatable bonds is 4. The highest BCUT2D eigenvalue weighted by Crippen LogP contribution is 2.41.